The summed E-state index contributed by atoms with van der Waals surface area (Å²) in [6.45, 7) is 0. The fourth-order valence-electron chi connectivity index (χ4n) is 1.23. The topological polar surface area (TPSA) is 74.6 Å². The predicted molar refractivity (Wildman–Crippen MR) is 50.2 cm³/mol. The summed E-state index contributed by atoms with van der Waals surface area (Å²) in [6, 6.07) is 6.66. The Bertz CT molecular complexity index is 333. The molecule has 0 saturated carbocycles. The van der Waals surface area contributed by atoms with Crippen LogP contribution in [0.5, 0.6) is 0 Å². The molecule has 0 atom stereocenters. The van der Waals surface area contributed by atoms with Crippen molar-refractivity contribution >= 4 is 11.9 Å². The predicted octanol–water partition coefficient (Wildman–Crippen LogP) is -1.94. The van der Waals surface area contributed by atoms with Gasteiger partial charge in [-0.1, -0.05) is 24.3 Å². The molecule has 0 amide bonds. The minimum absolute atomic E-state index is 0. The van der Waals surface area contributed by atoms with Crippen LogP contribution in [0.3, 0.4) is 0 Å². The molecule has 1 aromatic carbocycles. The Hall–Kier alpha value is -0.840. The molecule has 0 heterocycles. The van der Waals surface area contributed by atoms with Crippen LogP contribution in [0, 0.1) is 0 Å². The third-order valence-electron chi connectivity index (χ3n) is 1.80. The van der Waals surface area contributed by atoms with Crippen molar-refractivity contribution in [2.45, 2.75) is 12.8 Å². The third kappa shape index (κ3) is 4.97. The Balaban J connectivity index is 0. The van der Waals surface area contributed by atoms with E-state index in [4.69, 9.17) is 10.2 Å². The van der Waals surface area contributed by atoms with Crippen LogP contribution in [0.4, 0.5) is 0 Å². The molecule has 0 bridgehead atoms. The molecule has 0 spiro atoms. The van der Waals surface area contributed by atoms with Gasteiger partial charge in [-0.25, -0.2) is 0 Å². The van der Waals surface area contributed by atoms with Crippen molar-refractivity contribution in [1.29, 1.82) is 0 Å². The molecule has 15 heavy (non-hydrogen) atoms. The summed E-state index contributed by atoms with van der Waals surface area (Å²) in [5.41, 5.74) is 1.12. The number of aliphatic carboxylic acids is 2. The third-order valence-corrected chi connectivity index (χ3v) is 1.80. The molecule has 76 valence electrons. The number of hydrogen-bond acceptors (Lipinski definition) is 2. The van der Waals surface area contributed by atoms with Crippen LogP contribution in [0.2, 0.25) is 0 Å². The van der Waals surface area contributed by atoms with Crippen molar-refractivity contribution in [3.63, 3.8) is 0 Å². The van der Waals surface area contributed by atoms with Gasteiger partial charge >= 0.3 is 41.5 Å². The number of carbonyl (C=O) groups is 2. The van der Waals surface area contributed by atoms with Crippen LogP contribution in [0.25, 0.3) is 0 Å². The fourth-order valence-corrected chi connectivity index (χ4v) is 1.23. The van der Waals surface area contributed by atoms with Crippen molar-refractivity contribution in [2.24, 2.45) is 0 Å². The second kappa shape index (κ2) is 6.61. The van der Waals surface area contributed by atoms with Gasteiger partial charge in [-0.05, 0) is 11.1 Å². The zero-order chi connectivity index (χ0) is 10.6. The van der Waals surface area contributed by atoms with E-state index in [9.17, 15) is 9.59 Å². The summed E-state index contributed by atoms with van der Waals surface area (Å²) in [7, 11) is 0. The normalized spacial score (nSPS) is 9.07. The van der Waals surface area contributed by atoms with Crippen molar-refractivity contribution in [1.82, 2.24) is 0 Å². The van der Waals surface area contributed by atoms with Gasteiger partial charge in [0.2, 0.25) is 0 Å². The minimum atomic E-state index is -0.956. The van der Waals surface area contributed by atoms with E-state index in [-0.39, 0.29) is 43.8 Å². The van der Waals surface area contributed by atoms with Gasteiger partial charge in [-0.2, -0.15) is 0 Å². The van der Waals surface area contributed by atoms with Gasteiger partial charge in [0.25, 0.3) is 0 Å². The van der Waals surface area contributed by atoms with Crippen LogP contribution in [-0.4, -0.2) is 22.2 Å². The molecule has 4 nitrogen and oxygen atoms in total. The molecule has 0 fully saturated rings. The van der Waals surface area contributed by atoms with E-state index < -0.39 is 11.9 Å². The van der Waals surface area contributed by atoms with E-state index in [0.29, 0.717) is 11.1 Å². The molecular weight excluding hydrogens is 207 g/mol. The number of rotatable bonds is 4. The molecular formula is C10H11NaO4. The molecule has 2 N–H and O–H groups in total. The van der Waals surface area contributed by atoms with Gasteiger partial charge in [0.15, 0.2) is 0 Å². The first-order valence-corrected chi connectivity index (χ1v) is 4.10. The van der Waals surface area contributed by atoms with Gasteiger partial charge < -0.3 is 11.6 Å². The number of benzene rings is 1. The first-order valence-electron chi connectivity index (χ1n) is 4.10. The fraction of sp³-hybridized carbons (Fsp3) is 0.200. The number of carboxylic acid groups (broad SMARTS) is 2. The first-order chi connectivity index (χ1) is 6.59. The molecule has 0 aromatic heterocycles. The molecule has 1 rings (SSSR count). The Kier molecular flexibility index (Phi) is 6.24. The molecule has 1 aromatic rings. The standard InChI is InChI=1S/C10H10O4.Na.H/c11-9(12)5-7-3-1-2-4-8(7)6-10(13)14;;/h1-4H,5-6H2,(H,11,12)(H,13,14);;/q;+1;-1. The molecule has 0 aliphatic rings. The van der Waals surface area contributed by atoms with Crippen LogP contribution >= 0.6 is 0 Å². The minimum Gasteiger partial charge on any atom is -1.00 e. The van der Waals surface area contributed by atoms with Crippen LogP contribution in [0.1, 0.15) is 12.6 Å². The summed E-state index contributed by atoms with van der Waals surface area (Å²) < 4.78 is 0. The van der Waals surface area contributed by atoms with Gasteiger partial charge in [-0.3, -0.25) is 9.59 Å². The van der Waals surface area contributed by atoms with E-state index in [0.717, 1.165) is 0 Å². The quantitative estimate of drug-likeness (QED) is 0.576. The van der Waals surface area contributed by atoms with Crippen LogP contribution < -0.4 is 29.6 Å². The van der Waals surface area contributed by atoms with Crippen LogP contribution in [0.15, 0.2) is 24.3 Å². The Morgan fingerprint density at radius 1 is 1.00 bits per heavy atom. The smallest absolute Gasteiger partial charge is 1.00 e. The van der Waals surface area contributed by atoms with Crippen LogP contribution in [-0.2, 0) is 22.4 Å². The molecule has 0 unspecified atom stereocenters. The van der Waals surface area contributed by atoms with Gasteiger partial charge in [-0.15, -0.1) is 0 Å². The maximum absolute atomic E-state index is 10.5. The number of carboxylic acids is 2. The first kappa shape index (κ1) is 14.2. The second-order valence-corrected chi connectivity index (χ2v) is 2.91. The Morgan fingerprint density at radius 2 is 1.33 bits per heavy atom. The average molecular weight is 218 g/mol. The molecule has 0 aliphatic carbocycles. The monoisotopic (exact) mass is 218 g/mol. The van der Waals surface area contributed by atoms with E-state index >= 15 is 0 Å². The Morgan fingerprint density at radius 3 is 1.60 bits per heavy atom. The van der Waals surface area contributed by atoms with Gasteiger partial charge in [0.1, 0.15) is 0 Å². The summed E-state index contributed by atoms with van der Waals surface area (Å²) >= 11 is 0. The van der Waals surface area contributed by atoms with E-state index in [2.05, 4.69) is 0 Å². The van der Waals surface area contributed by atoms with Gasteiger partial charge in [0, 0.05) is 0 Å². The Labute approximate surface area is 111 Å². The van der Waals surface area contributed by atoms with Crippen molar-refractivity contribution in [3.8, 4) is 0 Å². The molecule has 5 heteroatoms. The summed E-state index contributed by atoms with van der Waals surface area (Å²) in [5.74, 6) is -1.91. The van der Waals surface area contributed by atoms with Crippen molar-refractivity contribution in [3.05, 3.63) is 35.4 Å². The molecule has 0 saturated heterocycles. The zero-order valence-corrected chi connectivity index (χ0v) is 10.4. The van der Waals surface area contributed by atoms with Crippen molar-refractivity contribution in [2.75, 3.05) is 0 Å². The van der Waals surface area contributed by atoms with Crippen molar-refractivity contribution < 1.29 is 50.8 Å². The maximum atomic E-state index is 10.5. The molecule has 0 aliphatic heterocycles. The van der Waals surface area contributed by atoms with E-state index in [1.807, 2.05) is 0 Å². The van der Waals surface area contributed by atoms with E-state index in [1.54, 1.807) is 24.3 Å². The summed E-state index contributed by atoms with van der Waals surface area (Å²) in [6.07, 6.45) is -0.271. The average Bonchev–Trinajstić information content (AvgIpc) is 2.06. The largest absolute Gasteiger partial charge is 1.00 e. The summed E-state index contributed by atoms with van der Waals surface area (Å²) in [5, 5.41) is 17.2. The maximum Gasteiger partial charge on any atom is 1.00 e. The van der Waals surface area contributed by atoms with E-state index in [1.165, 1.54) is 0 Å². The number of hydrogen-bond donors (Lipinski definition) is 2. The van der Waals surface area contributed by atoms with Gasteiger partial charge in [0.05, 0.1) is 12.8 Å². The second-order valence-electron chi connectivity index (χ2n) is 2.91. The zero-order valence-electron chi connectivity index (χ0n) is 9.43. The molecule has 0 radical (unpaired) electrons. The SMILES string of the molecule is O=C(O)Cc1ccccc1CC(=O)O.[H-].[Na+]. The summed E-state index contributed by atoms with van der Waals surface area (Å²) in [4.78, 5) is 20.9.